The number of aromatic nitrogens is 4. The van der Waals surface area contributed by atoms with E-state index in [2.05, 4.69) is 10.2 Å². The fourth-order valence-corrected chi connectivity index (χ4v) is 3.85. The van der Waals surface area contributed by atoms with Gasteiger partial charge in [-0.25, -0.2) is 4.68 Å². The number of hydrogen-bond acceptors (Lipinski definition) is 5. The standard InChI is InChI=1S/C22H26N6O2/c1-15-3-5-18(6-4-15)28-22(23)19(13-25-28)21(30)17-8-11-26(14-17)20(29)9-12-27-16(2)7-10-24-27/h3-7,10,13,17H,8-9,11-12,14,23H2,1-2H3/t17-/m1/s1. The number of ketones is 1. The largest absolute Gasteiger partial charge is 0.383 e. The summed E-state index contributed by atoms with van der Waals surface area (Å²) in [5.74, 6) is 0.0775. The molecule has 1 saturated heterocycles. The summed E-state index contributed by atoms with van der Waals surface area (Å²) in [6.45, 7) is 5.52. The minimum Gasteiger partial charge on any atom is -0.383 e. The molecule has 4 rings (SSSR count). The SMILES string of the molecule is Cc1ccc(-n2ncc(C(=O)[C@@H]3CCN(C(=O)CCn4nccc4C)C3)c2N)cc1. The van der Waals surface area contributed by atoms with E-state index in [0.29, 0.717) is 43.9 Å². The number of rotatable bonds is 6. The third-order valence-corrected chi connectivity index (χ3v) is 5.73. The third kappa shape index (κ3) is 3.85. The number of benzene rings is 1. The van der Waals surface area contributed by atoms with Crippen molar-refractivity contribution in [3.8, 4) is 5.69 Å². The molecule has 0 radical (unpaired) electrons. The molecule has 0 saturated carbocycles. The lowest BCUT2D eigenvalue weighted by Gasteiger charge is -2.16. The molecule has 8 nitrogen and oxygen atoms in total. The number of amides is 1. The van der Waals surface area contributed by atoms with Gasteiger partial charge in [-0.05, 0) is 38.5 Å². The lowest BCUT2D eigenvalue weighted by atomic mass is 9.98. The first-order valence-corrected chi connectivity index (χ1v) is 10.1. The highest BCUT2D eigenvalue weighted by molar-refractivity contribution is 6.02. The van der Waals surface area contributed by atoms with E-state index in [4.69, 9.17) is 5.73 Å². The molecule has 3 aromatic rings. The molecule has 1 aromatic carbocycles. The maximum Gasteiger partial charge on any atom is 0.224 e. The van der Waals surface area contributed by atoms with Gasteiger partial charge >= 0.3 is 0 Å². The minimum absolute atomic E-state index is 0.0449. The smallest absolute Gasteiger partial charge is 0.224 e. The van der Waals surface area contributed by atoms with Crippen LogP contribution in [-0.4, -0.2) is 49.2 Å². The predicted octanol–water partition coefficient (Wildman–Crippen LogP) is 2.39. The number of hydrogen-bond donors (Lipinski definition) is 1. The Hall–Kier alpha value is -3.42. The van der Waals surface area contributed by atoms with Crippen molar-refractivity contribution in [2.24, 2.45) is 5.92 Å². The normalized spacial score (nSPS) is 16.2. The van der Waals surface area contributed by atoms with Crippen molar-refractivity contribution < 1.29 is 9.59 Å². The van der Waals surface area contributed by atoms with Crippen molar-refractivity contribution in [1.29, 1.82) is 0 Å². The van der Waals surface area contributed by atoms with Crippen molar-refractivity contribution in [2.75, 3.05) is 18.8 Å². The van der Waals surface area contributed by atoms with Gasteiger partial charge in [0.05, 0.1) is 17.4 Å². The highest BCUT2D eigenvalue weighted by Gasteiger charge is 2.33. The van der Waals surface area contributed by atoms with Gasteiger partial charge in [-0.2, -0.15) is 10.2 Å². The summed E-state index contributed by atoms with van der Waals surface area (Å²) in [6.07, 6.45) is 4.27. The number of anilines is 1. The Morgan fingerprint density at radius 2 is 1.90 bits per heavy atom. The lowest BCUT2D eigenvalue weighted by molar-refractivity contribution is -0.130. The van der Waals surface area contributed by atoms with Gasteiger partial charge in [0.25, 0.3) is 0 Å². The zero-order valence-electron chi connectivity index (χ0n) is 17.3. The number of likely N-dealkylation sites (tertiary alicyclic amines) is 1. The van der Waals surface area contributed by atoms with Gasteiger partial charge in [0.15, 0.2) is 5.78 Å². The number of aryl methyl sites for hydroxylation is 3. The van der Waals surface area contributed by atoms with Crippen molar-refractivity contribution in [3.05, 3.63) is 59.5 Å². The monoisotopic (exact) mass is 406 g/mol. The fourth-order valence-electron chi connectivity index (χ4n) is 3.85. The first-order valence-electron chi connectivity index (χ1n) is 10.1. The van der Waals surface area contributed by atoms with Crippen LogP contribution in [0.1, 0.15) is 34.5 Å². The second-order valence-electron chi connectivity index (χ2n) is 7.83. The predicted molar refractivity (Wildman–Crippen MR) is 113 cm³/mol. The summed E-state index contributed by atoms with van der Waals surface area (Å²) in [6, 6.07) is 9.71. The van der Waals surface area contributed by atoms with Gasteiger partial charge in [0.2, 0.25) is 5.91 Å². The van der Waals surface area contributed by atoms with Crippen LogP contribution < -0.4 is 5.73 Å². The molecular weight excluding hydrogens is 380 g/mol. The zero-order chi connectivity index (χ0) is 21.3. The lowest BCUT2D eigenvalue weighted by Crippen LogP contribution is -2.30. The number of nitrogen functional groups attached to an aromatic ring is 1. The number of nitrogens with zero attached hydrogens (tertiary/aromatic N) is 5. The van der Waals surface area contributed by atoms with Crippen molar-refractivity contribution in [2.45, 2.75) is 33.2 Å². The van der Waals surface area contributed by atoms with Crippen LogP contribution in [-0.2, 0) is 11.3 Å². The van der Waals surface area contributed by atoms with Crippen LogP contribution in [0.3, 0.4) is 0 Å². The molecule has 1 aliphatic heterocycles. The zero-order valence-corrected chi connectivity index (χ0v) is 17.3. The molecule has 0 unspecified atom stereocenters. The molecule has 0 bridgehead atoms. The van der Waals surface area contributed by atoms with Crippen LogP contribution >= 0.6 is 0 Å². The average molecular weight is 406 g/mol. The molecule has 0 aliphatic carbocycles. The van der Waals surface area contributed by atoms with Crippen molar-refractivity contribution in [1.82, 2.24) is 24.5 Å². The maximum atomic E-state index is 13.0. The van der Waals surface area contributed by atoms with E-state index in [1.54, 1.807) is 15.8 Å². The summed E-state index contributed by atoms with van der Waals surface area (Å²) >= 11 is 0. The summed E-state index contributed by atoms with van der Waals surface area (Å²) in [5, 5.41) is 8.52. The number of carbonyl (C=O) groups excluding carboxylic acids is 2. The Labute approximate surface area is 175 Å². The Morgan fingerprint density at radius 1 is 1.13 bits per heavy atom. The van der Waals surface area contributed by atoms with Gasteiger partial charge in [0.1, 0.15) is 5.82 Å². The highest BCUT2D eigenvalue weighted by Crippen LogP contribution is 2.26. The minimum atomic E-state index is -0.252. The van der Waals surface area contributed by atoms with E-state index in [9.17, 15) is 9.59 Å². The molecule has 1 atom stereocenters. The summed E-state index contributed by atoms with van der Waals surface area (Å²) in [5.41, 5.74) is 9.64. The van der Waals surface area contributed by atoms with Crippen LogP contribution in [0.4, 0.5) is 5.82 Å². The second kappa shape index (κ2) is 8.14. The summed E-state index contributed by atoms with van der Waals surface area (Å²) in [4.78, 5) is 27.4. The molecule has 2 aromatic heterocycles. The molecule has 0 spiro atoms. The Bertz CT molecular complexity index is 1070. The maximum absolute atomic E-state index is 13.0. The van der Waals surface area contributed by atoms with E-state index in [-0.39, 0.29) is 17.6 Å². The van der Waals surface area contributed by atoms with Gasteiger partial charge in [0, 0.05) is 43.9 Å². The Morgan fingerprint density at radius 3 is 2.60 bits per heavy atom. The molecule has 156 valence electrons. The second-order valence-corrected chi connectivity index (χ2v) is 7.83. The van der Waals surface area contributed by atoms with Gasteiger partial charge in [-0.1, -0.05) is 17.7 Å². The quantitative estimate of drug-likeness (QED) is 0.634. The molecule has 2 N–H and O–H groups in total. The average Bonchev–Trinajstić information content (AvgIpc) is 3.47. The molecule has 30 heavy (non-hydrogen) atoms. The number of nitrogens with two attached hydrogens (primary N) is 1. The van der Waals surface area contributed by atoms with E-state index in [0.717, 1.165) is 16.9 Å². The first-order chi connectivity index (χ1) is 14.4. The Balaban J connectivity index is 1.39. The molecule has 1 amide bonds. The van der Waals surface area contributed by atoms with E-state index in [1.807, 2.05) is 48.9 Å². The van der Waals surface area contributed by atoms with Gasteiger partial charge in [-0.15, -0.1) is 0 Å². The van der Waals surface area contributed by atoms with Gasteiger partial charge < -0.3 is 10.6 Å². The van der Waals surface area contributed by atoms with E-state index >= 15 is 0 Å². The number of Topliss-reactive ketones (excluding diaryl/α,β-unsaturated/α-hetero) is 1. The molecular formula is C22H26N6O2. The van der Waals surface area contributed by atoms with Crippen LogP contribution in [0.15, 0.2) is 42.7 Å². The third-order valence-electron chi connectivity index (χ3n) is 5.73. The molecule has 8 heteroatoms. The fraction of sp³-hybridized carbons (Fsp3) is 0.364. The van der Waals surface area contributed by atoms with Crippen LogP contribution in [0, 0.1) is 19.8 Å². The topological polar surface area (TPSA) is 99.0 Å². The molecule has 1 fully saturated rings. The highest BCUT2D eigenvalue weighted by atomic mass is 16.2. The van der Waals surface area contributed by atoms with E-state index < -0.39 is 0 Å². The summed E-state index contributed by atoms with van der Waals surface area (Å²) in [7, 11) is 0. The van der Waals surface area contributed by atoms with Crippen LogP contribution in [0.25, 0.3) is 5.69 Å². The van der Waals surface area contributed by atoms with Gasteiger partial charge in [-0.3, -0.25) is 14.3 Å². The molecule has 3 heterocycles. The van der Waals surface area contributed by atoms with Crippen LogP contribution in [0.5, 0.6) is 0 Å². The number of carbonyl (C=O) groups is 2. The first kappa shape index (κ1) is 19.9. The molecule has 1 aliphatic rings. The van der Waals surface area contributed by atoms with Crippen molar-refractivity contribution in [3.63, 3.8) is 0 Å². The van der Waals surface area contributed by atoms with E-state index in [1.165, 1.54) is 6.20 Å². The Kier molecular flexibility index (Phi) is 5.39. The summed E-state index contributed by atoms with van der Waals surface area (Å²) < 4.78 is 3.40. The van der Waals surface area contributed by atoms with Crippen LogP contribution in [0.2, 0.25) is 0 Å². The van der Waals surface area contributed by atoms with Crippen molar-refractivity contribution >= 4 is 17.5 Å².